The molecule has 0 saturated heterocycles. The third-order valence-electron chi connectivity index (χ3n) is 3.70. The Bertz CT molecular complexity index is 488. The molecule has 0 atom stereocenters. The van der Waals surface area contributed by atoms with Gasteiger partial charge in [0.15, 0.2) is 5.41 Å². The molecule has 6 nitrogen and oxygen atoms in total. The lowest BCUT2D eigenvalue weighted by Crippen LogP contribution is -2.41. The van der Waals surface area contributed by atoms with Crippen molar-refractivity contribution in [2.75, 3.05) is 21.3 Å². The van der Waals surface area contributed by atoms with Gasteiger partial charge in [0.05, 0.1) is 21.3 Å². The van der Waals surface area contributed by atoms with Crippen LogP contribution in [0, 0.1) is 5.41 Å². The molecule has 0 aromatic carbocycles. The second kappa shape index (κ2) is 10.6. The minimum atomic E-state index is -1.55. The lowest BCUT2D eigenvalue weighted by atomic mass is 9.78. The van der Waals surface area contributed by atoms with Crippen molar-refractivity contribution in [2.45, 2.75) is 46.0 Å². The number of ether oxygens (including phenoxy) is 3. The van der Waals surface area contributed by atoms with Gasteiger partial charge in [-0.05, 0) is 32.6 Å². The molecule has 0 saturated carbocycles. The van der Waals surface area contributed by atoms with E-state index in [9.17, 15) is 14.4 Å². The van der Waals surface area contributed by atoms with E-state index in [-0.39, 0.29) is 12.8 Å². The number of carbonyl (C=O) groups is 3. The first kappa shape index (κ1) is 21.9. The Kier molecular flexibility index (Phi) is 9.69. The second-order valence-corrected chi connectivity index (χ2v) is 5.73. The summed E-state index contributed by atoms with van der Waals surface area (Å²) in [5, 5.41) is 0. The van der Waals surface area contributed by atoms with Crippen molar-refractivity contribution < 1.29 is 28.6 Å². The van der Waals surface area contributed by atoms with Crippen LogP contribution in [0.1, 0.15) is 46.0 Å². The first-order chi connectivity index (χ1) is 11.3. The molecule has 136 valence electrons. The maximum absolute atomic E-state index is 12.3. The van der Waals surface area contributed by atoms with E-state index in [1.54, 1.807) is 13.0 Å². The average Bonchev–Trinajstić information content (AvgIpc) is 2.57. The van der Waals surface area contributed by atoms with E-state index in [0.29, 0.717) is 17.6 Å². The van der Waals surface area contributed by atoms with Crippen LogP contribution < -0.4 is 0 Å². The first-order valence-electron chi connectivity index (χ1n) is 7.87. The number of carbonyl (C=O) groups excluding carboxylic acids is 3. The molecule has 0 radical (unpaired) electrons. The monoisotopic (exact) mass is 340 g/mol. The van der Waals surface area contributed by atoms with E-state index < -0.39 is 23.3 Å². The SMILES string of the molecule is C=C(C)CC(C/C=C(/CCCC)C(=O)OC)(C(=O)OC)C(=O)OC. The molecule has 0 aliphatic rings. The topological polar surface area (TPSA) is 78.9 Å². The highest BCUT2D eigenvalue weighted by Gasteiger charge is 2.47. The summed E-state index contributed by atoms with van der Waals surface area (Å²) in [6.45, 7) is 7.49. The fraction of sp³-hybridized carbons (Fsp3) is 0.611. The largest absolute Gasteiger partial charge is 0.468 e. The van der Waals surface area contributed by atoms with Gasteiger partial charge >= 0.3 is 17.9 Å². The molecule has 0 aromatic heterocycles. The van der Waals surface area contributed by atoms with E-state index >= 15 is 0 Å². The van der Waals surface area contributed by atoms with E-state index in [4.69, 9.17) is 14.2 Å². The molecule has 24 heavy (non-hydrogen) atoms. The molecule has 0 aliphatic carbocycles. The van der Waals surface area contributed by atoms with Crippen molar-refractivity contribution in [1.29, 1.82) is 0 Å². The van der Waals surface area contributed by atoms with E-state index in [1.165, 1.54) is 21.3 Å². The Morgan fingerprint density at radius 3 is 1.96 bits per heavy atom. The minimum absolute atomic E-state index is 0.0205. The third kappa shape index (κ3) is 5.83. The van der Waals surface area contributed by atoms with Gasteiger partial charge in [0.25, 0.3) is 0 Å². The first-order valence-corrected chi connectivity index (χ1v) is 7.87. The van der Waals surface area contributed by atoms with Crippen molar-refractivity contribution >= 4 is 17.9 Å². The number of esters is 3. The Morgan fingerprint density at radius 2 is 1.58 bits per heavy atom. The third-order valence-corrected chi connectivity index (χ3v) is 3.70. The minimum Gasteiger partial charge on any atom is -0.468 e. The van der Waals surface area contributed by atoms with Crippen LogP contribution in [0.4, 0.5) is 0 Å². The number of rotatable bonds is 10. The van der Waals surface area contributed by atoms with Gasteiger partial charge in [-0.2, -0.15) is 0 Å². The highest BCUT2D eigenvalue weighted by atomic mass is 16.5. The number of allylic oxidation sites excluding steroid dienone is 2. The summed E-state index contributed by atoms with van der Waals surface area (Å²) in [5.74, 6) is -1.90. The van der Waals surface area contributed by atoms with Crippen LogP contribution in [-0.2, 0) is 28.6 Å². The second-order valence-electron chi connectivity index (χ2n) is 5.73. The summed E-state index contributed by atoms with van der Waals surface area (Å²) in [7, 11) is 3.71. The van der Waals surface area contributed by atoms with Gasteiger partial charge in [-0.15, -0.1) is 6.58 Å². The molecular weight excluding hydrogens is 312 g/mol. The van der Waals surface area contributed by atoms with Crippen LogP contribution in [0.5, 0.6) is 0 Å². The van der Waals surface area contributed by atoms with E-state index in [2.05, 4.69) is 6.58 Å². The molecule has 0 spiro atoms. The summed E-state index contributed by atoms with van der Waals surface area (Å²) < 4.78 is 14.4. The Morgan fingerprint density at radius 1 is 1.04 bits per heavy atom. The highest BCUT2D eigenvalue weighted by Crippen LogP contribution is 2.34. The summed E-state index contributed by atoms with van der Waals surface area (Å²) in [5.41, 5.74) is -0.494. The molecule has 0 fully saturated rings. The van der Waals surface area contributed by atoms with Gasteiger partial charge < -0.3 is 14.2 Å². The number of unbranched alkanes of at least 4 members (excludes halogenated alkanes) is 1. The molecule has 0 N–H and O–H groups in total. The molecule has 0 rings (SSSR count). The fourth-order valence-electron chi connectivity index (χ4n) is 2.46. The molecule has 0 amide bonds. The number of methoxy groups -OCH3 is 3. The van der Waals surface area contributed by atoms with Gasteiger partial charge in [0, 0.05) is 5.57 Å². The summed E-state index contributed by atoms with van der Waals surface area (Å²) in [6, 6.07) is 0. The predicted octanol–water partition coefficient (Wildman–Crippen LogP) is 2.96. The Labute approximate surface area is 143 Å². The van der Waals surface area contributed by atoms with Crippen LogP contribution in [0.2, 0.25) is 0 Å². The predicted molar refractivity (Wildman–Crippen MR) is 90.1 cm³/mol. The zero-order chi connectivity index (χ0) is 18.8. The van der Waals surface area contributed by atoms with Gasteiger partial charge in [-0.1, -0.05) is 25.0 Å². The van der Waals surface area contributed by atoms with Gasteiger partial charge in [0.1, 0.15) is 0 Å². The maximum Gasteiger partial charge on any atom is 0.333 e. The molecule has 0 heterocycles. The van der Waals surface area contributed by atoms with Crippen molar-refractivity contribution in [3.63, 3.8) is 0 Å². The summed E-state index contributed by atoms with van der Waals surface area (Å²) in [6.07, 6.45) is 3.83. The number of hydrogen-bond donors (Lipinski definition) is 0. The van der Waals surface area contributed by atoms with Crippen LogP contribution in [0.25, 0.3) is 0 Å². The molecule has 0 aromatic rings. The van der Waals surface area contributed by atoms with Crippen LogP contribution >= 0.6 is 0 Å². The zero-order valence-electron chi connectivity index (χ0n) is 15.3. The van der Waals surface area contributed by atoms with Gasteiger partial charge in [-0.3, -0.25) is 9.59 Å². The lowest BCUT2D eigenvalue weighted by Gasteiger charge is -2.27. The van der Waals surface area contributed by atoms with Crippen LogP contribution in [-0.4, -0.2) is 39.2 Å². The molecule has 0 aliphatic heterocycles. The Hall–Kier alpha value is -2.11. The maximum atomic E-state index is 12.3. The molecular formula is C18H28O6. The zero-order valence-corrected chi connectivity index (χ0v) is 15.3. The van der Waals surface area contributed by atoms with Crippen molar-refractivity contribution in [3.05, 3.63) is 23.8 Å². The fourth-order valence-corrected chi connectivity index (χ4v) is 2.46. The normalized spacial score (nSPS) is 11.6. The lowest BCUT2D eigenvalue weighted by molar-refractivity contribution is -0.169. The van der Waals surface area contributed by atoms with Crippen molar-refractivity contribution in [2.24, 2.45) is 5.41 Å². The van der Waals surface area contributed by atoms with Gasteiger partial charge in [0.2, 0.25) is 0 Å². The smallest absolute Gasteiger partial charge is 0.333 e. The van der Waals surface area contributed by atoms with Crippen molar-refractivity contribution in [3.8, 4) is 0 Å². The molecule has 0 unspecified atom stereocenters. The highest BCUT2D eigenvalue weighted by molar-refractivity contribution is 6.00. The van der Waals surface area contributed by atoms with Crippen LogP contribution in [0.3, 0.4) is 0 Å². The standard InChI is InChI=1S/C18H28O6/c1-7-8-9-14(15(19)22-4)10-11-18(12-13(2)3,16(20)23-5)17(21)24-6/h10H,2,7-9,11-12H2,1,3-6H3/b14-10-. The average molecular weight is 340 g/mol. The Balaban J connectivity index is 5.81. The number of hydrogen-bond acceptors (Lipinski definition) is 6. The summed E-state index contributed by atoms with van der Waals surface area (Å²) in [4.78, 5) is 36.5. The van der Waals surface area contributed by atoms with E-state index in [0.717, 1.165) is 12.8 Å². The summed E-state index contributed by atoms with van der Waals surface area (Å²) >= 11 is 0. The molecule has 0 bridgehead atoms. The van der Waals surface area contributed by atoms with Gasteiger partial charge in [-0.25, -0.2) is 4.79 Å². The molecule has 6 heteroatoms. The van der Waals surface area contributed by atoms with E-state index in [1.807, 2.05) is 6.92 Å². The quantitative estimate of drug-likeness (QED) is 0.200. The van der Waals surface area contributed by atoms with Crippen LogP contribution in [0.15, 0.2) is 23.8 Å². The van der Waals surface area contributed by atoms with Crippen molar-refractivity contribution in [1.82, 2.24) is 0 Å².